The number of benzene rings is 2. The quantitative estimate of drug-likeness (QED) is 0.277. The van der Waals surface area contributed by atoms with Gasteiger partial charge < -0.3 is 4.74 Å². The van der Waals surface area contributed by atoms with E-state index in [-0.39, 0.29) is 23.7 Å². The molecule has 0 spiro atoms. The summed E-state index contributed by atoms with van der Waals surface area (Å²) in [6.45, 7) is 11.4. The largest absolute Gasteiger partial charge is 0.464 e. The minimum atomic E-state index is -0.106. The number of rotatable bonds is 8. The van der Waals surface area contributed by atoms with Crippen molar-refractivity contribution in [1.82, 2.24) is 0 Å². The molecule has 4 rings (SSSR count). The molecule has 2 nitrogen and oxygen atoms in total. The highest BCUT2D eigenvalue weighted by atomic mass is 16.5. The van der Waals surface area contributed by atoms with Gasteiger partial charge in [0.25, 0.3) is 0 Å². The molecule has 2 aliphatic carbocycles. The van der Waals surface area contributed by atoms with Gasteiger partial charge in [0.1, 0.15) is 6.61 Å². The molecule has 4 unspecified atom stereocenters. The van der Waals surface area contributed by atoms with E-state index >= 15 is 0 Å². The number of allylic oxidation sites excluding steroid dienone is 6. The summed E-state index contributed by atoms with van der Waals surface area (Å²) in [5.74, 6) is 1.22. The van der Waals surface area contributed by atoms with Crippen molar-refractivity contribution in [2.24, 2.45) is 23.7 Å². The first-order chi connectivity index (χ1) is 17.4. The summed E-state index contributed by atoms with van der Waals surface area (Å²) in [5, 5.41) is 0. The van der Waals surface area contributed by atoms with E-state index in [1.165, 1.54) is 33.4 Å². The summed E-state index contributed by atoms with van der Waals surface area (Å²) in [4.78, 5) is 13.7. The Morgan fingerprint density at radius 1 is 0.889 bits per heavy atom. The lowest BCUT2D eigenvalue weighted by molar-refractivity contribution is -0.151. The Hall–Kier alpha value is -2.87. The van der Waals surface area contributed by atoms with E-state index in [2.05, 4.69) is 107 Å². The summed E-state index contributed by atoms with van der Waals surface area (Å²) in [5.41, 5.74) is 7.74. The fraction of sp³-hybridized carbons (Fsp3) is 0.441. The SMILES string of the molecule is CC(C)=CCC(C)C1CC=CCC(C(=O)OCC2c3ccccc3-c3ccccc32)C1CC=C(C)C. The maximum atomic E-state index is 13.7. The second-order valence-electron chi connectivity index (χ2n) is 11.2. The number of ether oxygens (including phenoxy) is 1. The first-order valence-electron chi connectivity index (χ1n) is 13.6. The van der Waals surface area contributed by atoms with E-state index in [1.807, 2.05) is 0 Å². The van der Waals surface area contributed by atoms with Crippen molar-refractivity contribution in [2.45, 2.75) is 66.2 Å². The molecule has 0 radical (unpaired) electrons. The Balaban J connectivity index is 1.55. The summed E-state index contributed by atoms with van der Waals surface area (Å²) in [7, 11) is 0. The molecule has 2 aromatic rings. The average molecular weight is 483 g/mol. The average Bonchev–Trinajstić information content (AvgIpc) is 3.02. The zero-order chi connectivity index (χ0) is 25.7. The second-order valence-corrected chi connectivity index (χ2v) is 11.2. The molecule has 190 valence electrons. The third-order valence-electron chi connectivity index (χ3n) is 8.12. The predicted octanol–water partition coefficient (Wildman–Crippen LogP) is 8.89. The number of carbonyl (C=O) groups excluding carboxylic acids is 1. The summed E-state index contributed by atoms with van der Waals surface area (Å²) < 4.78 is 6.19. The predicted molar refractivity (Wildman–Crippen MR) is 151 cm³/mol. The van der Waals surface area contributed by atoms with E-state index in [9.17, 15) is 4.79 Å². The van der Waals surface area contributed by atoms with Crippen LogP contribution in [0.3, 0.4) is 0 Å². The number of fused-ring (bicyclic) bond motifs is 3. The number of esters is 1. The molecule has 0 saturated heterocycles. The van der Waals surface area contributed by atoms with Crippen LogP contribution in [0.5, 0.6) is 0 Å². The lowest BCUT2D eigenvalue weighted by Gasteiger charge is -2.34. The van der Waals surface area contributed by atoms with Gasteiger partial charge in [-0.2, -0.15) is 0 Å². The molecule has 2 aliphatic rings. The van der Waals surface area contributed by atoms with Crippen molar-refractivity contribution in [3.8, 4) is 11.1 Å². The van der Waals surface area contributed by atoms with Crippen molar-refractivity contribution in [3.63, 3.8) is 0 Å². The lowest BCUT2D eigenvalue weighted by Crippen LogP contribution is -2.33. The minimum Gasteiger partial charge on any atom is -0.464 e. The monoisotopic (exact) mass is 482 g/mol. The van der Waals surface area contributed by atoms with Crippen LogP contribution in [0.25, 0.3) is 11.1 Å². The van der Waals surface area contributed by atoms with Gasteiger partial charge >= 0.3 is 5.97 Å². The molecular formula is C34H42O2. The summed E-state index contributed by atoms with van der Waals surface area (Å²) >= 11 is 0. The summed E-state index contributed by atoms with van der Waals surface area (Å²) in [6, 6.07) is 17.1. The van der Waals surface area contributed by atoms with Crippen molar-refractivity contribution in [1.29, 1.82) is 0 Å². The van der Waals surface area contributed by atoms with Gasteiger partial charge in [-0.25, -0.2) is 0 Å². The van der Waals surface area contributed by atoms with Gasteiger partial charge in [-0.15, -0.1) is 0 Å². The third kappa shape index (κ3) is 5.91. The van der Waals surface area contributed by atoms with Crippen molar-refractivity contribution in [3.05, 3.63) is 95.1 Å². The summed E-state index contributed by atoms with van der Waals surface area (Å²) in [6.07, 6.45) is 13.0. The van der Waals surface area contributed by atoms with Gasteiger partial charge in [0.15, 0.2) is 0 Å². The smallest absolute Gasteiger partial charge is 0.309 e. The van der Waals surface area contributed by atoms with Crippen molar-refractivity contribution >= 4 is 5.97 Å². The molecular weight excluding hydrogens is 440 g/mol. The van der Waals surface area contributed by atoms with E-state index in [0.29, 0.717) is 18.4 Å². The molecule has 0 aromatic heterocycles. The molecule has 0 heterocycles. The molecule has 0 amide bonds. The first-order valence-corrected chi connectivity index (χ1v) is 13.6. The molecule has 0 fully saturated rings. The Morgan fingerprint density at radius 2 is 1.47 bits per heavy atom. The van der Waals surface area contributed by atoms with E-state index in [4.69, 9.17) is 4.74 Å². The molecule has 36 heavy (non-hydrogen) atoms. The standard InChI is InChI=1S/C34H42O2/c1-23(2)18-20-25(5)26-12-6-11-17-32(31(26)21-19-24(3)4)34(35)36-22-33-29-15-9-7-13-27(29)28-14-8-10-16-30(28)33/h6-11,13-16,18-19,25-26,31-33H,12,17,20-22H2,1-5H3. The third-order valence-corrected chi connectivity index (χ3v) is 8.12. The normalized spacial score (nSPS) is 21.6. The maximum absolute atomic E-state index is 13.7. The minimum absolute atomic E-state index is 0.0324. The van der Waals surface area contributed by atoms with Crippen LogP contribution in [0.15, 0.2) is 84.0 Å². The molecule has 2 aromatic carbocycles. The van der Waals surface area contributed by atoms with Gasteiger partial charge in [-0.3, -0.25) is 4.79 Å². The van der Waals surface area contributed by atoms with Crippen LogP contribution < -0.4 is 0 Å². The molecule has 0 aliphatic heterocycles. The van der Waals surface area contributed by atoms with Gasteiger partial charge in [0.2, 0.25) is 0 Å². The van der Waals surface area contributed by atoms with E-state index in [1.54, 1.807) is 0 Å². The lowest BCUT2D eigenvalue weighted by atomic mass is 9.71. The van der Waals surface area contributed by atoms with Crippen LogP contribution in [0.2, 0.25) is 0 Å². The van der Waals surface area contributed by atoms with Crippen LogP contribution in [-0.2, 0) is 9.53 Å². The zero-order valence-corrected chi connectivity index (χ0v) is 22.7. The Kier molecular flexibility index (Phi) is 8.67. The highest BCUT2D eigenvalue weighted by Gasteiger charge is 2.38. The highest BCUT2D eigenvalue weighted by Crippen LogP contribution is 2.45. The van der Waals surface area contributed by atoms with Crippen LogP contribution >= 0.6 is 0 Å². The van der Waals surface area contributed by atoms with Crippen LogP contribution in [-0.4, -0.2) is 12.6 Å². The fourth-order valence-electron chi connectivity index (χ4n) is 6.09. The number of hydrogen-bond donors (Lipinski definition) is 0. The van der Waals surface area contributed by atoms with Crippen molar-refractivity contribution in [2.75, 3.05) is 6.61 Å². The second kappa shape index (κ2) is 11.9. The fourth-order valence-corrected chi connectivity index (χ4v) is 6.09. The number of hydrogen-bond acceptors (Lipinski definition) is 2. The maximum Gasteiger partial charge on any atom is 0.309 e. The zero-order valence-electron chi connectivity index (χ0n) is 22.7. The van der Waals surface area contributed by atoms with Crippen molar-refractivity contribution < 1.29 is 9.53 Å². The Bertz CT molecular complexity index is 1100. The highest BCUT2D eigenvalue weighted by molar-refractivity contribution is 5.79. The number of carbonyl (C=O) groups is 1. The molecule has 0 N–H and O–H groups in total. The molecule has 4 atom stereocenters. The van der Waals surface area contributed by atoms with E-state index in [0.717, 1.165) is 25.7 Å². The topological polar surface area (TPSA) is 26.3 Å². The van der Waals surface area contributed by atoms with Gasteiger partial charge in [-0.05, 0) is 93.4 Å². The Morgan fingerprint density at radius 3 is 2.08 bits per heavy atom. The van der Waals surface area contributed by atoms with Gasteiger partial charge in [0.05, 0.1) is 5.92 Å². The van der Waals surface area contributed by atoms with Gasteiger partial charge in [-0.1, -0.05) is 90.9 Å². The molecule has 0 bridgehead atoms. The van der Waals surface area contributed by atoms with Crippen LogP contribution in [0, 0.1) is 23.7 Å². The molecule has 0 saturated carbocycles. The van der Waals surface area contributed by atoms with E-state index < -0.39 is 0 Å². The Labute approximate surface area is 218 Å². The molecule has 2 heteroatoms. The first kappa shape index (κ1) is 26.2. The van der Waals surface area contributed by atoms with Gasteiger partial charge in [0, 0.05) is 5.92 Å². The van der Waals surface area contributed by atoms with Crippen LogP contribution in [0.4, 0.5) is 0 Å². The van der Waals surface area contributed by atoms with Crippen LogP contribution in [0.1, 0.15) is 77.3 Å².